The number of rotatable bonds is 1. The first-order valence-corrected chi connectivity index (χ1v) is 4.66. The van der Waals surface area contributed by atoms with Gasteiger partial charge in [-0.3, -0.25) is 0 Å². The molecule has 12 heavy (non-hydrogen) atoms. The number of fused-ring (bicyclic) bond motifs is 1. The van der Waals surface area contributed by atoms with Crippen LogP contribution in [-0.2, 0) is 19.3 Å². The first-order chi connectivity index (χ1) is 5.81. The lowest BCUT2D eigenvalue weighted by Gasteiger charge is -2.04. The average molecular weight is 161 g/mol. The van der Waals surface area contributed by atoms with Crippen LogP contribution in [0.3, 0.4) is 0 Å². The Bertz CT molecular complexity index is 291. The lowest BCUT2D eigenvalue weighted by molar-refractivity contribution is 0.719. The van der Waals surface area contributed by atoms with Crippen molar-refractivity contribution in [1.29, 1.82) is 0 Å². The van der Waals surface area contributed by atoms with Gasteiger partial charge in [0.1, 0.15) is 0 Å². The van der Waals surface area contributed by atoms with Gasteiger partial charge in [-0.05, 0) is 36.0 Å². The maximum atomic E-state index is 5.91. The summed E-state index contributed by atoms with van der Waals surface area (Å²) in [6.45, 7) is 2.21. The van der Waals surface area contributed by atoms with Gasteiger partial charge in [-0.25, -0.2) is 0 Å². The Morgan fingerprint density at radius 1 is 1.42 bits per heavy atom. The minimum atomic E-state index is 0.368. The normalized spacial score (nSPS) is 21.0. The van der Waals surface area contributed by atoms with Crippen molar-refractivity contribution >= 4 is 0 Å². The van der Waals surface area contributed by atoms with E-state index in [1.54, 1.807) is 0 Å². The van der Waals surface area contributed by atoms with E-state index in [1.165, 1.54) is 16.7 Å². The van der Waals surface area contributed by atoms with Gasteiger partial charge in [0.2, 0.25) is 0 Å². The number of hydrogen-bond acceptors (Lipinski definition) is 1. The fourth-order valence-electron chi connectivity index (χ4n) is 2.09. The molecule has 0 saturated carbocycles. The van der Waals surface area contributed by atoms with Crippen molar-refractivity contribution in [3.8, 4) is 0 Å². The molecule has 1 aliphatic rings. The molecule has 0 aliphatic heterocycles. The third kappa shape index (κ3) is 1.14. The average Bonchev–Trinajstić information content (AvgIpc) is 2.44. The van der Waals surface area contributed by atoms with Crippen LogP contribution in [0.2, 0.25) is 0 Å². The van der Waals surface area contributed by atoms with Gasteiger partial charge >= 0.3 is 0 Å². The van der Waals surface area contributed by atoms with Gasteiger partial charge in [-0.2, -0.15) is 0 Å². The molecule has 0 spiro atoms. The van der Waals surface area contributed by atoms with Crippen LogP contribution in [0.25, 0.3) is 0 Å². The fraction of sp³-hybridized carbons (Fsp3) is 0.455. The van der Waals surface area contributed by atoms with Gasteiger partial charge < -0.3 is 5.73 Å². The lowest BCUT2D eigenvalue weighted by atomic mass is 10.0. The molecule has 1 aliphatic carbocycles. The van der Waals surface area contributed by atoms with E-state index in [4.69, 9.17) is 5.73 Å². The third-order valence-electron chi connectivity index (χ3n) is 2.70. The third-order valence-corrected chi connectivity index (χ3v) is 2.70. The first kappa shape index (κ1) is 7.81. The lowest BCUT2D eigenvalue weighted by Crippen LogP contribution is -2.19. The summed E-state index contributed by atoms with van der Waals surface area (Å²) in [5.74, 6) is 0. The van der Waals surface area contributed by atoms with E-state index >= 15 is 0 Å². The fourth-order valence-corrected chi connectivity index (χ4v) is 2.09. The zero-order valence-corrected chi connectivity index (χ0v) is 7.51. The first-order valence-electron chi connectivity index (χ1n) is 4.66. The summed E-state index contributed by atoms with van der Waals surface area (Å²) in [5, 5.41) is 0. The van der Waals surface area contributed by atoms with Gasteiger partial charge in [0, 0.05) is 6.04 Å². The van der Waals surface area contributed by atoms with Crippen molar-refractivity contribution in [2.45, 2.75) is 32.2 Å². The zero-order valence-electron chi connectivity index (χ0n) is 7.51. The van der Waals surface area contributed by atoms with Crippen molar-refractivity contribution in [2.75, 3.05) is 0 Å². The molecule has 0 heterocycles. The molecule has 0 fully saturated rings. The predicted octanol–water partition coefficient (Wildman–Crippen LogP) is 1.67. The van der Waals surface area contributed by atoms with Crippen molar-refractivity contribution < 1.29 is 0 Å². The largest absolute Gasteiger partial charge is 0.327 e. The molecule has 0 amide bonds. The van der Waals surface area contributed by atoms with Gasteiger partial charge in [0.15, 0.2) is 0 Å². The predicted molar refractivity (Wildman–Crippen MR) is 51.2 cm³/mol. The van der Waals surface area contributed by atoms with Crippen LogP contribution in [0.4, 0.5) is 0 Å². The van der Waals surface area contributed by atoms with Gasteiger partial charge in [-0.15, -0.1) is 0 Å². The topological polar surface area (TPSA) is 26.0 Å². The maximum absolute atomic E-state index is 5.91. The summed E-state index contributed by atoms with van der Waals surface area (Å²) in [5.41, 5.74) is 10.4. The highest BCUT2D eigenvalue weighted by atomic mass is 14.6. The van der Waals surface area contributed by atoms with Crippen LogP contribution in [0.1, 0.15) is 23.6 Å². The molecule has 2 N–H and O–H groups in total. The van der Waals surface area contributed by atoms with E-state index < -0.39 is 0 Å². The highest BCUT2D eigenvalue weighted by molar-refractivity contribution is 5.40. The Hall–Kier alpha value is -0.820. The van der Waals surface area contributed by atoms with Crippen LogP contribution >= 0.6 is 0 Å². The van der Waals surface area contributed by atoms with E-state index in [1.807, 2.05) is 0 Å². The Balaban J connectivity index is 2.44. The second-order valence-corrected chi connectivity index (χ2v) is 3.58. The molecule has 0 aromatic heterocycles. The summed E-state index contributed by atoms with van der Waals surface area (Å²) in [4.78, 5) is 0. The zero-order chi connectivity index (χ0) is 8.55. The minimum absolute atomic E-state index is 0.368. The molecule has 1 atom stereocenters. The molecule has 1 nitrogen and oxygen atoms in total. The molecule has 1 heteroatoms. The number of aryl methyl sites for hydroxylation is 1. The molecule has 0 radical (unpaired) electrons. The summed E-state index contributed by atoms with van der Waals surface area (Å²) >= 11 is 0. The molecule has 2 rings (SSSR count). The van der Waals surface area contributed by atoms with Crippen molar-refractivity contribution in [2.24, 2.45) is 5.73 Å². The Morgan fingerprint density at radius 2 is 2.25 bits per heavy atom. The van der Waals surface area contributed by atoms with Crippen molar-refractivity contribution in [3.63, 3.8) is 0 Å². The Labute approximate surface area is 73.6 Å². The van der Waals surface area contributed by atoms with Gasteiger partial charge in [-0.1, -0.05) is 25.1 Å². The molecule has 1 unspecified atom stereocenters. The second kappa shape index (κ2) is 2.91. The molecular weight excluding hydrogens is 146 g/mol. The molecule has 1 aromatic carbocycles. The summed E-state index contributed by atoms with van der Waals surface area (Å²) in [6, 6.07) is 6.95. The SMILES string of the molecule is CCc1cccc2c1CC(N)C2. The van der Waals surface area contributed by atoms with Crippen molar-refractivity contribution in [3.05, 3.63) is 34.9 Å². The van der Waals surface area contributed by atoms with E-state index in [9.17, 15) is 0 Å². The number of nitrogens with two attached hydrogens (primary N) is 1. The van der Waals surface area contributed by atoms with E-state index in [2.05, 4.69) is 25.1 Å². The molecule has 0 bridgehead atoms. The van der Waals surface area contributed by atoms with Crippen LogP contribution < -0.4 is 5.73 Å². The highest BCUT2D eigenvalue weighted by Gasteiger charge is 2.19. The summed E-state index contributed by atoms with van der Waals surface area (Å²) in [6.07, 6.45) is 3.29. The minimum Gasteiger partial charge on any atom is -0.327 e. The quantitative estimate of drug-likeness (QED) is 0.666. The van der Waals surface area contributed by atoms with E-state index in [0.717, 1.165) is 19.3 Å². The Morgan fingerprint density at radius 3 is 3.00 bits per heavy atom. The molecule has 1 aromatic rings. The highest BCUT2D eigenvalue weighted by Crippen LogP contribution is 2.24. The number of benzene rings is 1. The maximum Gasteiger partial charge on any atom is 0.0120 e. The molecule has 0 saturated heterocycles. The summed E-state index contributed by atoms with van der Waals surface area (Å²) < 4.78 is 0. The Kier molecular flexibility index (Phi) is 1.89. The monoisotopic (exact) mass is 161 g/mol. The van der Waals surface area contributed by atoms with Crippen LogP contribution in [0.15, 0.2) is 18.2 Å². The molecular formula is C11H15N. The van der Waals surface area contributed by atoms with Gasteiger partial charge in [0.25, 0.3) is 0 Å². The second-order valence-electron chi connectivity index (χ2n) is 3.58. The van der Waals surface area contributed by atoms with Crippen molar-refractivity contribution in [1.82, 2.24) is 0 Å². The summed E-state index contributed by atoms with van der Waals surface area (Å²) in [7, 11) is 0. The van der Waals surface area contributed by atoms with E-state index in [0.29, 0.717) is 6.04 Å². The van der Waals surface area contributed by atoms with Crippen LogP contribution in [-0.4, -0.2) is 6.04 Å². The smallest absolute Gasteiger partial charge is 0.0120 e. The van der Waals surface area contributed by atoms with Crippen LogP contribution in [0, 0.1) is 0 Å². The molecule has 64 valence electrons. The number of hydrogen-bond donors (Lipinski definition) is 1. The standard InChI is InChI=1S/C11H15N/c1-2-8-4-3-5-9-6-10(12)7-11(8)9/h3-5,10H,2,6-7,12H2,1H3. The van der Waals surface area contributed by atoms with E-state index in [-0.39, 0.29) is 0 Å². The van der Waals surface area contributed by atoms with Gasteiger partial charge in [0.05, 0.1) is 0 Å². The van der Waals surface area contributed by atoms with Crippen LogP contribution in [0.5, 0.6) is 0 Å².